The Morgan fingerprint density at radius 3 is 3.31 bits per heavy atom. The highest BCUT2D eigenvalue weighted by molar-refractivity contribution is 5.19. The molecule has 0 amide bonds. The maximum atomic E-state index is 7.31. The van der Waals surface area contributed by atoms with Gasteiger partial charge >= 0.3 is 0 Å². The zero-order chi connectivity index (χ0) is 11.4. The number of rotatable bonds is 4. The lowest BCUT2D eigenvalue weighted by Crippen LogP contribution is -2.67. The molecule has 1 saturated heterocycles. The predicted octanol–water partition coefficient (Wildman–Crippen LogP) is 0.0191. The van der Waals surface area contributed by atoms with E-state index in [0.29, 0.717) is 19.8 Å². The SMILES string of the molecule is COCCC1COCCN1[n+]1cc([NH-])on1. The summed E-state index contributed by atoms with van der Waals surface area (Å²) < 4.78 is 15.2. The summed E-state index contributed by atoms with van der Waals surface area (Å²) in [6.07, 6.45) is 2.41. The molecule has 1 aromatic rings. The molecule has 90 valence electrons. The number of nitrogens with zero attached hydrogens (tertiary/aromatic N) is 3. The van der Waals surface area contributed by atoms with E-state index in [1.807, 2.05) is 5.01 Å². The molecule has 1 aromatic heterocycles. The van der Waals surface area contributed by atoms with E-state index in [2.05, 4.69) is 5.27 Å². The molecule has 2 heterocycles. The molecule has 16 heavy (non-hydrogen) atoms. The largest absolute Gasteiger partial charge is 0.660 e. The van der Waals surface area contributed by atoms with Gasteiger partial charge in [-0.25, -0.2) is 0 Å². The second kappa shape index (κ2) is 5.13. The highest BCUT2D eigenvalue weighted by Gasteiger charge is 2.30. The Kier molecular flexibility index (Phi) is 3.58. The Balaban J connectivity index is 2.04. The number of ether oxygens (including phenoxy) is 2. The summed E-state index contributed by atoms with van der Waals surface area (Å²) in [6, 6.07) is 0.211. The zero-order valence-electron chi connectivity index (χ0n) is 9.26. The van der Waals surface area contributed by atoms with Crippen LogP contribution in [0.25, 0.3) is 5.73 Å². The van der Waals surface area contributed by atoms with E-state index >= 15 is 0 Å². The van der Waals surface area contributed by atoms with Crippen molar-refractivity contribution in [1.29, 1.82) is 0 Å². The number of methoxy groups -OCH3 is 1. The van der Waals surface area contributed by atoms with Crippen molar-refractivity contribution < 1.29 is 18.8 Å². The van der Waals surface area contributed by atoms with E-state index < -0.39 is 0 Å². The number of morpholine rings is 1. The monoisotopic (exact) mass is 228 g/mol. The van der Waals surface area contributed by atoms with Gasteiger partial charge in [-0.15, -0.1) is 5.01 Å². The molecule has 7 nitrogen and oxygen atoms in total. The van der Waals surface area contributed by atoms with Crippen molar-refractivity contribution in [2.75, 3.05) is 38.5 Å². The Hall–Kier alpha value is -1.34. The molecule has 0 spiro atoms. The maximum absolute atomic E-state index is 7.31. The molecule has 1 N–H and O–H groups in total. The van der Waals surface area contributed by atoms with Gasteiger partial charge in [-0.1, -0.05) is 0 Å². The van der Waals surface area contributed by atoms with Crippen LogP contribution in [-0.2, 0) is 9.47 Å². The van der Waals surface area contributed by atoms with Crippen LogP contribution in [0.4, 0.5) is 5.88 Å². The second-order valence-corrected chi connectivity index (χ2v) is 3.66. The van der Waals surface area contributed by atoms with Gasteiger partial charge in [0.25, 0.3) is 6.20 Å². The van der Waals surface area contributed by atoms with Crippen LogP contribution in [0.2, 0.25) is 0 Å². The molecule has 0 radical (unpaired) electrons. The summed E-state index contributed by atoms with van der Waals surface area (Å²) in [6.45, 7) is 2.73. The van der Waals surface area contributed by atoms with Crippen LogP contribution >= 0.6 is 0 Å². The molecule has 1 unspecified atom stereocenters. The second-order valence-electron chi connectivity index (χ2n) is 3.66. The lowest BCUT2D eigenvalue weighted by atomic mass is 10.2. The van der Waals surface area contributed by atoms with Gasteiger partial charge in [0.2, 0.25) is 5.27 Å². The predicted molar refractivity (Wildman–Crippen MR) is 54.9 cm³/mol. The van der Waals surface area contributed by atoms with Crippen LogP contribution in [0, 0.1) is 0 Å². The molecular weight excluding hydrogens is 212 g/mol. The fourth-order valence-electron chi connectivity index (χ4n) is 1.76. The van der Waals surface area contributed by atoms with E-state index in [0.717, 1.165) is 13.0 Å². The van der Waals surface area contributed by atoms with Crippen molar-refractivity contribution in [2.45, 2.75) is 12.5 Å². The van der Waals surface area contributed by atoms with Gasteiger partial charge < -0.3 is 19.7 Å². The maximum Gasteiger partial charge on any atom is 0.256 e. The highest BCUT2D eigenvalue weighted by Crippen LogP contribution is 2.08. The smallest absolute Gasteiger partial charge is 0.256 e. The molecule has 2 rings (SSSR count). The quantitative estimate of drug-likeness (QED) is 0.679. The van der Waals surface area contributed by atoms with Crippen LogP contribution in [0.15, 0.2) is 10.7 Å². The van der Waals surface area contributed by atoms with Gasteiger partial charge in [-0.3, -0.25) is 0 Å². The summed E-state index contributed by atoms with van der Waals surface area (Å²) in [7, 11) is 1.68. The molecule has 1 aliphatic rings. The number of hydrogen-bond donors (Lipinski definition) is 0. The van der Waals surface area contributed by atoms with Crippen molar-refractivity contribution >= 4 is 5.88 Å². The van der Waals surface area contributed by atoms with Crippen LogP contribution in [0.1, 0.15) is 6.42 Å². The summed E-state index contributed by atoms with van der Waals surface area (Å²) in [5.41, 5.74) is 7.31. The number of aromatic nitrogens is 2. The van der Waals surface area contributed by atoms with Crippen molar-refractivity contribution in [3.05, 3.63) is 11.9 Å². The first kappa shape index (κ1) is 11.2. The van der Waals surface area contributed by atoms with Gasteiger partial charge in [0.05, 0.1) is 24.5 Å². The molecule has 0 saturated carbocycles. The Bertz CT molecular complexity index is 330. The van der Waals surface area contributed by atoms with E-state index in [4.69, 9.17) is 19.7 Å². The van der Waals surface area contributed by atoms with Crippen LogP contribution in [0.5, 0.6) is 0 Å². The minimum Gasteiger partial charge on any atom is -0.660 e. The van der Waals surface area contributed by atoms with Gasteiger partial charge in [0, 0.05) is 13.7 Å². The first-order chi connectivity index (χ1) is 7.81. The van der Waals surface area contributed by atoms with Crippen LogP contribution in [0.3, 0.4) is 0 Å². The minimum atomic E-state index is 0.0528. The molecule has 0 aliphatic carbocycles. The third-order valence-electron chi connectivity index (χ3n) is 2.57. The van der Waals surface area contributed by atoms with Gasteiger partial charge in [0.15, 0.2) is 0 Å². The average Bonchev–Trinajstić information content (AvgIpc) is 2.73. The molecule has 1 atom stereocenters. The first-order valence-corrected chi connectivity index (χ1v) is 5.25. The third-order valence-corrected chi connectivity index (χ3v) is 2.57. The van der Waals surface area contributed by atoms with E-state index in [9.17, 15) is 0 Å². The van der Waals surface area contributed by atoms with Gasteiger partial charge in [-0.2, -0.15) is 0 Å². The fraction of sp³-hybridized carbons (Fsp3) is 0.778. The van der Waals surface area contributed by atoms with E-state index in [1.54, 1.807) is 18.1 Å². The Labute approximate surface area is 93.6 Å². The van der Waals surface area contributed by atoms with Crippen LogP contribution in [-0.4, -0.2) is 44.8 Å². The lowest BCUT2D eigenvalue weighted by molar-refractivity contribution is -0.763. The summed E-state index contributed by atoms with van der Waals surface area (Å²) in [4.78, 5) is 1.57. The number of nitrogens with one attached hydrogen (secondary N) is 1. The average molecular weight is 228 g/mol. The topological polar surface area (TPSA) is 75.4 Å². The fourth-order valence-corrected chi connectivity index (χ4v) is 1.76. The normalized spacial score (nSPS) is 21.3. The van der Waals surface area contributed by atoms with Crippen molar-refractivity contribution in [1.82, 2.24) is 5.27 Å². The molecule has 0 bridgehead atoms. The van der Waals surface area contributed by atoms with E-state index in [1.165, 1.54) is 0 Å². The minimum absolute atomic E-state index is 0.0528. The van der Waals surface area contributed by atoms with Crippen molar-refractivity contribution in [3.63, 3.8) is 0 Å². The van der Waals surface area contributed by atoms with Crippen LogP contribution < -0.4 is 9.80 Å². The Morgan fingerprint density at radius 2 is 2.62 bits per heavy atom. The van der Waals surface area contributed by atoms with Crippen molar-refractivity contribution in [3.8, 4) is 0 Å². The van der Waals surface area contributed by atoms with Gasteiger partial charge in [0.1, 0.15) is 11.9 Å². The lowest BCUT2D eigenvalue weighted by Gasteiger charge is -2.28. The van der Waals surface area contributed by atoms with Gasteiger partial charge in [-0.05, 0) is 6.42 Å². The zero-order valence-corrected chi connectivity index (χ0v) is 9.26. The molecule has 7 heteroatoms. The standard InChI is InChI=1S/C9H16N4O3/c1-14-4-2-8-7-15-5-3-12(8)13-6-9(10)16-11-13/h6,8,10H,2-5,7H2,1H3. The highest BCUT2D eigenvalue weighted by atomic mass is 16.5. The summed E-state index contributed by atoms with van der Waals surface area (Å²) in [5.74, 6) is 0.0528. The van der Waals surface area contributed by atoms with Crippen molar-refractivity contribution in [2.24, 2.45) is 0 Å². The molecule has 0 aromatic carbocycles. The molecule has 1 aliphatic heterocycles. The molecular formula is C9H16N4O3. The first-order valence-electron chi connectivity index (χ1n) is 5.25. The molecule has 1 fully saturated rings. The van der Waals surface area contributed by atoms with E-state index in [-0.39, 0.29) is 11.9 Å². The summed E-state index contributed by atoms with van der Waals surface area (Å²) >= 11 is 0. The number of hydrogen-bond acceptors (Lipinski definition) is 5. The summed E-state index contributed by atoms with van der Waals surface area (Å²) in [5, 5.41) is 5.81. The third kappa shape index (κ3) is 2.42. The Morgan fingerprint density at radius 1 is 1.75 bits per heavy atom.